The van der Waals surface area contributed by atoms with Gasteiger partial charge in [-0.2, -0.15) is 0 Å². The van der Waals surface area contributed by atoms with Crippen LogP contribution in [-0.4, -0.2) is 7.11 Å². The Morgan fingerprint density at radius 1 is 0.895 bits per heavy atom. The van der Waals surface area contributed by atoms with Crippen LogP contribution in [0.1, 0.15) is 11.1 Å². The fourth-order valence-corrected chi connectivity index (χ4v) is 2.42. The van der Waals surface area contributed by atoms with E-state index >= 15 is 0 Å². The molecule has 0 aliphatic heterocycles. The molecule has 0 heterocycles. The normalized spacial score (nSPS) is 10.5. The maximum atomic E-state index is 5.14. The molecule has 2 nitrogen and oxygen atoms in total. The Morgan fingerprint density at radius 3 is 2.16 bits per heavy atom. The van der Waals surface area contributed by atoms with Gasteiger partial charge in [0.05, 0.1) is 7.11 Å². The zero-order chi connectivity index (χ0) is 13.7. The molecule has 0 fully saturated rings. The first-order valence-electron chi connectivity index (χ1n) is 5.96. The van der Waals surface area contributed by atoms with Gasteiger partial charge in [0.1, 0.15) is 5.75 Å². The second-order valence-corrected chi connectivity index (χ2v) is 5.91. The summed E-state index contributed by atoms with van der Waals surface area (Å²) < 4.78 is 7.29. The predicted octanol–water partition coefficient (Wildman–Crippen LogP) is 4.51. The van der Waals surface area contributed by atoms with Gasteiger partial charge in [-0.25, -0.2) is 0 Å². The molecule has 0 saturated carbocycles. The topological polar surface area (TPSA) is 21.3 Å². The third-order valence-corrected chi connectivity index (χ3v) is 4.68. The molecule has 2 aromatic rings. The van der Waals surface area contributed by atoms with E-state index in [0.717, 1.165) is 27.8 Å². The summed E-state index contributed by atoms with van der Waals surface area (Å²) in [5, 5.41) is 3.43. The van der Waals surface area contributed by atoms with Crippen molar-refractivity contribution in [2.45, 2.75) is 13.1 Å². The second-order valence-electron chi connectivity index (χ2n) is 4.20. The molecule has 0 aromatic heterocycles. The maximum absolute atomic E-state index is 5.14. The molecular weight excluding hydrogens is 370 g/mol. The average molecular weight is 385 g/mol. The highest BCUT2D eigenvalue weighted by Crippen LogP contribution is 2.23. The summed E-state index contributed by atoms with van der Waals surface area (Å²) in [6, 6.07) is 14.4. The average Bonchev–Trinajstić information content (AvgIpc) is 2.43. The van der Waals surface area contributed by atoms with Gasteiger partial charge in [0.2, 0.25) is 0 Å². The van der Waals surface area contributed by atoms with E-state index in [1.54, 1.807) is 7.11 Å². The van der Waals surface area contributed by atoms with Crippen molar-refractivity contribution in [3.63, 3.8) is 0 Å². The van der Waals surface area contributed by atoms with Crippen LogP contribution in [0, 0.1) is 0 Å². The number of benzene rings is 2. The lowest BCUT2D eigenvalue weighted by molar-refractivity contribution is 0.414. The molecule has 0 unspecified atom stereocenters. The Labute approximate surface area is 130 Å². The van der Waals surface area contributed by atoms with Gasteiger partial charge in [0.15, 0.2) is 0 Å². The minimum absolute atomic E-state index is 0.845. The maximum Gasteiger partial charge on any atom is 0.118 e. The summed E-state index contributed by atoms with van der Waals surface area (Å²) in [7, 11) is 1.68. The van der Waals surface area contributed by atoms with Crippen LogP contribution >= 0.6 is 31.9 Å². The molecule has 0 radical (unpaired) electrons. The molecule has 0 aliphatic rings. The lowest BCUT2D eigenvalue weighted by atomic mass is 10.2. The third-order valence-electron chi connectivity index (χ3n) is 2.80. The lowest BCUT2D eigenvalue weighted by Gasteiger charge is -2.07. The summed E-state index contributed by atoms with van der Waals surface area (Å²) in [5.41, 5.74) is 2.50. The molecule has 100 valence electrons. The lowest BCUT2D eigenvalue weighted by Crippen LogP contribution is -2.12. The number of methoxy groups -OCH3 is 1. The third kappa shape index (κ3) is 4.34. The van der Waals surface area contributed by atoms with Gasteiger partial charge in [0, 0.05) is 22.0 Å². The number of rotatable bonds is 5. The van der Waals surface area contributed by atoms with E-state index < -0.39 is 0 Å². The fraction of sp³-hybridized carbons (Fsp3) is 0.200. The zero-order valence-electron chi connectivity index (χ0n) is 10.6. The van der Waals surface area contributed by atoms with Gasteiger partial charge >= 0.3 is 0 Å². The predicted molar refractivity (Wildman–Crippen MR) is 85.4 cm³/mol. The molecule has 0 aliphatic carbocycles. The van der Waals surface area contributed by atoms with E-state index in [1.165, 1.54) is 11.1 Å². The van der Waals surface area contributed by atoms with Crippen molar-refractivity contribution in [1.82, 2.24) is 5.32 Å². The van der Waals surface area contributed by atoms with E-state index in [0.29, 0.717) is 0 Å². The molecule has 0 bridgehead atoms. The molecule has 4 heteroatoms. The fourth-order valence-electron chi connectivity index (χ4n) is 1.74. The first-order valence-corrected chi connectivity index (χ1v) is 7.55. The summed E-state index contributed by atoms with van der Waals surface area (Å²) >= 11 is 6.98. The van der Waals surface area contributed by atoms with Crippen LogP contribution in [0.25, 0.3) is 0 Å². The molecule has 2 aromatic carbocycles. The zero-order valence-corrected chi connectivity index (χ0v) is 13.8. The largest absolute Gasteiger partial charge is 0.497 e. The molecule has 2 rings (SSSR count). The number of hydrogen-bond donors (Lipinski definition) is 1. The molecule has 0 spiro atoms. The Bertz CT molecular complexity index is 540. The van der Waals surface area contributed by atoms with E-state index in [4.69, 9.17) is 4.74 Å². The first-order chi connectivity index (χ1) is 9.19. The monoisotopic (exact) mass is 383 g/mol. The van der Waals surface area contributed by atoms with E-state index in [9.17, 15) is 0 Å². The SMILES string of the molecule is COc1ccc(CNCc2ccc(Br)c(Br)c2)cc1. The second kappa shape index (κ2) is 7.08. The Balaban J connectivity index is 1.86. The Kier molecular flexibility index (Phi) is 5.43. The van der Waals surface area contributed by atoms with Gasteiger partial charge in [-0.05, 0) is 67.3 Å². The van der Waals surface area contributed by atoms with Crippen molar-refractivity contribution in [2.24, 2.45) is 0 Å². The summed E-state index contributed by atoms with van der Waals surface area (Å²) in [6.07, 6.45) is 0. The summed E-state index contributed by atoms with van der Waals surface area (Å²) in [5.74, 6) is 0.889. The van der Waals surface area contributed by atoms with Crippen molar-refractivity contribution in [3.8, 4) is 5.75 Å². The van der Waals surface area contributed by atoms with Gasteiger partial charge < -0.3 is 10.1 Å². The minimum Gasteiger partial charge on any atom is -0.497 e. The van der Waals surface area contributed by atoms with Crippen LogP contribution in [0.4, 0.5) is 0 Å². The van der Waals surface area contributed by atoms with E-state index in [-0.39, 0.29) is 0 Å². The minimum atomic E-state index is 0.845. The Hall–Kier alpha value is -0.840. The van der Waals surface area contributed by atoms with Gasteiger partial charge in [0.25, 0.3) is 0 Å². The highest BCUT2D eigenvalue weighted by molar-refractivity contribution is 9.13. The van der Waals surface area contributed by atoms with Crippen molar-refractivity contribution < 1.29 is 4.74 Å². The van der Waals surface area contributed by atoms with Gasteiger partial charge in [-0.1, -0.05) is 18.2 Å². The molecule has 1 N–H and O–H groups in total. The van der Waals surface area contributed by atoms with Crippen molar-refractivity contribution >= 4 is 31.9 Å². The van der Waals surface area contributed by atoms with Crippen molar-refractivity contribution in [2.75, 3.05) is 7.11 Å². The van der Waals surface area contributed by atoms with Gasteiger partial charge in [-0.3, -0.25) is 0 Å². The quantitative estimate of drug-likeness (QED) is 0.818. The molecule has 0 saturated heterocycles. The number of ether oxygens (including phenoxy) is 1. The van der Waals surface area contributed by atoms with Crippen LogP contribution in [0.3, 0.4) is 0 Å². The van der Waals surface area contributed by atoms with Crippen LogP contribution < -0.4 is 10.1 Å². The van der Waals surface area contributed by atoms with Crippen LogP contribution in [0.15, 0.2) is 51.4 Å². The van der Waals surface area contributed by atoms with Crippen LogP contribution in [-0.2, 0) is 13.1 Å². The van der Waals surface area contributed by atoms with E-state index in [2.05, 4.69) is 67.5 Å². The van der Waals surface area contributed by atoms with E-state index in [1.807, 2.05) is 12.1 Å². The van der Waals surface area contributed by atoms with Crippen LogP contribution in [0.5, 0.6) is 5.75 Å². The first kappa shape index (κ1) is 14.6. The summed E-state index contributed by atoms with van der Waals surface area (Å²) in [4.78, 5) is 0. The molecule has 0 atom stereocenters. The highest BCUT2D eigenvalue weighted by atomic mass is 79.9. The van der Waals surface area contributed by atoms with Gasteiger partial charge in [-0.15, -0.1) is 0 Å². The number of nitrogens with one attached hydrogen (secondary N) is 1. The molecule has 0 amide bonds. The van der Waals surface area contributed by atoms with Crippen LogP contribution in [0.2, 0.25) is 0 Å². The van der Waals surface area contributed by atoms with Crippen molar-refractivity contribution in [3.05, 3.63) is 62.5 Å². The summed E-state index contributed by atoms with van der Waals surface area (Å²) in [6.45, 7) is 1.69. The molecule has 19 heavy (non-hydrogen) atoms. The standard InChI is InChI=1S/C15H15Br2NO/c1-19-13-5-2-11(3-6-13)9-18-10-12-4-7-14(16)15(17)8-12/h2-8,18H,9-10H2,1H3. The van der Waals surface area contributed by atoms with Crippen molar-refractivity contribution in [1.29, 1.82) is 0 Å². The number of halogens is 2. The Morgan fingerprint density at radius 2 is 1.53 bits per heavy atom. The highest BCUT2D eigenvalue weighted by Gasteiger charge is 1.99. The smallest absolute Gasteiger partial charge is 0.118 e. The number of hydrogen-bond acceptors (Lipinski definition) is 2. The molecular formula is C15H15Br2NO.